The fourth-order valence-corrected chi connectivity index (χ4v) is 2.80. The standard InChI is InChI=1S/C25H28O12/c1-5-25(6-2,15-30-23(28)34-36-32-21(26)19-11-7-17(3)8-12-19)16-31-24(29)35-37-33-22(27)20-13-9-18(4)10-14-20/h7-14H,5-6,15-16H2,1-4H3. The Morgan fingerprint density at radius 1 is 0.595 bits per heavy atom. The maximum absolute atomic E-state index is 11.8. The van der Waals surface area contributed by atoms with Gasteiger partial charge >= 0.3 is 24.2 Å². The van der Waals surface area contributed by atoms with E-state index in [1.807, 2.05) is 13.8 Å². The molecule has 2 rings (SSSR count). The van der Waals surface area contributed by atoms with Crippen molar-refractivity contribution in [2.45, 2.75) is 40.5 Å². The quantitative estimate of drug-likeness (QED) is 0.208. The lowest BCUT2D eigenvalue weighted by molar-refractivity contribution is -0.453. The van der Waals surface area contributed by atoms with Crippen molar-refractivity contribution < 1.29 is 58.3 Å². The highest BCUT2D eigenvalue weighted by molar-refractivity contribution is 5.89. The van der Waals surface area contributed by atoms with Gasteiger partial charge in [0.05, 0.1) is 21.2 Å². The molecule has 37 heavy (non-hydrogen) atoms. The van der Waals surface area contributed by atoms with Gasteiger partial charge in [-0.05, 0) is 51.0 Å². The predicted octanol–water partition coefficient (Wildman–Crippen LogP) is 5.12. The average molecular weight is 520 g/mol. The Bertz CT molecular complexity index is 961. The Labute approximate surface area is 213 Å². The lowest BCUT2D eigenvalue weighted by Gasteiger charge is -2.29. The zero-order valence-corrected chi connectivity index (χ0v) is 20.8. The van der Waals surface area contributed by atoms with E-state index in [4.69, 9.17) is 9.47 Å². The molecule has 200 valence electrons. The number of hydrogen-bond donors (Lipinski definition) is 0. The largest absolute Gasteiger partial charge is 0.543 e. The first-order valence-electron chi connectivity index (χ1n) is 11.3. The number of rotatable bonds is 12. The van der Waals surface area contributed by atoms with Crippen LogP contribution in [0.25, 0.3) is 0 Å². The molecule has 0 atom stereocenters. The average Bonchev–Trinajstić information content (AvgIpc) is 2.90. The number of hydrogen-bond acceptors (Lipinski definition) is 12. The zero-order valence-electron chi connectivity index (χ0n) is 20.8. The summed E-state index contributed by atoms with van der Waals surface area (Å²) >= 11 is 0. The van der Waals surface area contributed by atoms with Crippen molar-refractivity contribution in [1.82, 2.24) is 0 Å². The van der Waals surface area contributed by atoms with Crippen LogP contribution in [0.2, 0.25) is 0 Å². The Morgan fingerprint density at radius 2 is 0.946 bits per heavy atom. The van der Waals surface area contributed by atoms with Crippen molar-refractivity contribution in [3.8, 4) is 0 Å². The zero-order chi connectivity index (χ0) is 27.3. The minimum Gasteiger partial charge on any atom is -0.432 e. The molecule has 0 radical (unpaired) electrons. The molecule has 0 unspecified atom stereocenters. The van der Waals surface area contributed by atoms with Crippen LogP contribution in [0.15, 0.2) is 48.5 Å². The van der Waals surface area contributed by atoms with Gasteiger partial charge in [0.15, 0.2) is 0 Å². The smallest absolute Gasteiger partial charge is 0.432 e. The third-order valence-corrected chi connectivity index (χ3v) is 5.49. The molecule has 0 spiro atoms. The van der Waals surface area contributed by atoms with Gasteiger partial charge in [0.2, 0.25) is 0 Å². The van der Waals surface area contributed by atoms with Crippen LogP contribution in [0.5, 0.6) is 0 Å². The second-order valence-corrected chi connectivity index (χ2v) is 8.06. The summed E-state index contributed by atoms with van der Waals surface area (Å²) in [4.78, 5) is 64.6. The van der Waals surface area contributed by atoms with Crippen LogP contribution in [0.3, 0.4) is 0 Å². The molecular formula is C25H28O12. The summed E-state index contributed by atoms with van der Waals surface area (Å²) in [6.45, 7) is 6.81. The lowest BCUT2D eigenvalue weighted by atomic mass is 9.84. The summed E-state index contributed by atoms with van der Waals surface area (Å²) in [5, 5.41) is 8.37. The lowest BCUT2D eigenvalue weighted by Crippen LogP contribution is -2.33. The SMILES string of the molecule is CCC(CC)(COC(=O)OOOC(=O)c1ccc(C)cc1)COC(=O)OOOC(=O)c1ccc(C)cc1. The molecule has 0 aliphatic heterocycles. The predicted molar refractivity (Wildman–Crippen MR) is 123 cm³/mol. The maximum Gasteiger partial charge on any atom is 0.543 e. The molecule has 0 fully saturated rings. The van der Waals surface area contributed by atoms with Gasteiger partial charge in [-0.15, -0.1) is 0 Å². The minimum atomic E-state index is -1.28. The number of benzene rings is 2. The number of ether oxygens (including phenoxy) is 2. The van der Waals surface area contributed by atoms with Crippen molar-refractivity contribution in [2.75, 3.05) is 13.2 Å². The van der Waals surface area contributed by atoms with E-state index in [9.17, 15) is 19.2 Å². The second kappa shape index (κ2) is 14.4. The van der Waals surface area contributed by atoms with Gasteiger partial charge in [-0.2, -0.15) is 0 Å². The highest BCUT2D eigenvalue weighted by atomic mass is 17.5. The summed E-state index contributed by atoms with van der Waals surface area (Å²) in [7, 11) is 0. The Kier molecular flexibility index (Phi) is 11.3. The molecule has 0 saturated heterocycles. The first kappa shape index (κ1) is 29.1. The van der Waals surface area contributed by atoms with Crippen LogP contribution in [0.4, 0.5) is 9.59 Å². The van der Waals surface area contributed by atoms with E-state index < -0.39 is 29.7 Å². The van der Waals surface area contributed by atoms with Gasteiger partial charge in [-0.25, -0.2) is 29.0 Å². The Hall–Kier alpha value is -4.16. The molecule has 12 nitrogen and oxygen atoms in total. The van der Waals surface area contributed by atoms with Crippen LogP contribution >= 0.6 is 0 Å². The fourth-order valence-electron chi connectivity index (χ4n) is 2.80. The summed E-state index contributed by atoms with van der Waals surface area (Å²) in [5.74, 6) is -1.74. The first-order chi connectivity index (χ1) is 17.7. The van der Waals surface area contributed by atoms with Crippen LogP contribution in [0.1, 0.15) is 58.5 Å². The van der Waals surface area contributed by atoms with Gasteiger partial charge in [0, 0.05) is 5.41 Å². The van der Waals surface area contributed by atoms with E-state index in [2.05, 4.69) is 29.6 Å². The van der Waals surface area contributed by atoms with Crippen molar-refractivity contribution in [2.24, 2.45) is 5.41 Å². The summed E-state index contributed by atoms with van der Waals surface area (Å²) in [6.07, 6.45) is -1.71. The molecule has 0 N–H and O–H groups in total. The molecular weight excluding hydrogens is 492 g/mol. The van der Waals surface area contributed by atoms with Crippen LogP contribution in [-0.2, 0) is 39.1 Å². The first-order valence-corrected chi connectivity index (χ1v) is 11.3. The molecule has 0 saturated carbocycles. The van der Waals surface area contributed by atoms with E-state index in [1.165, 1.54) is 24.3 Å². The summed E-state index contributed by atoms with van der Waals surface area (Å²) in [6, 6.07) is 12.8. The second-order valence-electron chi connectivity index (χ2n) is 8.06. The van der Waals surface area contributed by atoms with Gasteiger partial charge in [0.1, 0.15) is 13.2 Å². The summed E-state index contributed by atoms with van der Waals surface area (Å²) in [5.41, 5.74) is 1.46. The molecule has 2 aromatic rings. The molecule has 2 aromatic carbocycles. The van der Waals surface area contributed by atoms with Gasteiger partial charge in [-0.1, -0.05) is 49.2 Å². The summed E-state index contributed by atoms with van der Waals surface area (Å²) < 4.78 is 9.97. The van der Waals surface area contributed by atoms with Gasteiger partial charge in [-0.3, -0.25) is 9.78 Å². The van der Waals surface area contributed by atoms with Crippen molar-refractivity contribution in [1.29, 1.82) is 0 Å². The van der Waals surface area contributed by atoms with Crippen LogP contribution in [0, 0.1) is 19.3 Å². The van der Waals surface area contributed by atoms with E-state index in [0.29, 0.717) is 12.8 Å². The molecule has 0 heterocycles. The van der Waals surface area contributed by atoms with Gasteiger partial charge < -0.3 is 9.47 Å². The highest BCUT2D eigenvalue weighted by Gasteiger charge is 2.31. The van der Waals surface area contributed by atoms with Gasteiger partial charge in [0.25, 0.3) is 0 Å². The Balaban J connectivity index is 1.70. The molecule has 0 aromatic heterocycles. The van der Waals surface area contributed by atoms with E-state index in [1.54, 1.807) is 38.1 Å². The molecule has 0 aliphatic carbocycles. The van der Waals surface area contributed by atoms with Crippen LogP contribution < -0.4 is 0 Å². The van der Waals surface area contributed by atoms with Crippen LogP contribution in [-0.4, -0.2) is 37.5 Å². The van der Waals surface area contributed by atoms with E-state index >= 15 is 0 Å². The van der Waals surface area contributed by atoms with Crippen molar-refractivity contribution in [3.63, 3.8) is 0 Å². The minimum absolute atomic E-state index is 0.191. The van der Waals surface area contributed by atoms with E-state index in [-0.39, 0.29) is 24.3 Å². The molecule has 0 amide bonds. The third-order valence-electron chi connectivity index (χ3n) is 5.49. The normalized spacial score (nSPS) is 10.7. The highest BCUT2D eigenvalue weighted by Crippen LogP contribution is 2.27. The van der Waals surface area contributed by atoms with Crippen molar-refractivity contribution in [3.05, 3.63) is 70.8 Å². The molecule has 0 aliphatic rings. The number of carbonyl (C=O) groups is 4. The maximum atomic E-state index is 11.8. The third kappa shape index (κ3) is 9.78. The number of aryl methyl sites for hydroxylation is 2. The number of carbonyl (C=O) groups excluding carboxylic acids is 4. The van der Waals surface area contributed by atoms with Crippen molar-refractivity contribution >= 4 is 24.2 Å². The molecule has 0 bridgehead atoms. The monoisotopic (exact) mass is 520 g/mol. The Morgan fingerprint density at radius 3 is 1.27 bits per heavy atom. The molecule has 12 heteroatoms. The van der Waals surface area contributed by atoms with E-state index in [0.717, 1.165) is 11.1 Å². The fraction of sp³-hybridized carbons (Fsp3) is 0.360. The topological polar surface area (TPSA) is 142 Å².